The number of aliphatic imine (C=N–C) groups is 1. The van der Waals surface area contributed by atoms with E-state index in [0.29, 0.717) is 13.1 Å². The van der Waals surface area contributed by atoms with Crippen molar-refractivity contribution in [3.05, 3.63) is 15.6 Å². The number of ether oxygens (including phenoxy) is 1. The van der Waals surface area contributed by atoms with Crippen LogP contribution in [0.15, 0.2) is 4.99 Å². The third-order valence-corrected chi connectivity index (χ3v) is 5.57. The zero-order chi connectivity index (χ0) is 19.7. The second kappa shape index (κ2) is 10.9. The molecule has 0 spiro atoms. The summed E-state index contributed by atoms with van der Waals surface area (Å²) in [5.41, 5.74) is 0.344. The van der Waals surface area contributed by atoms with E-state index >= 15 is 0 Å². The van der Waals surface area contributed by atoms with Crippen molar-refractivity contribution in [1.82, 2.24) is 20.5 Å². The molecule has 1 unspecified atom stereocenters. The number of aromatic nitrogens is 1. The van der Waals surface area contributed by atoms with Crippen molar-refractivity contribution >= 4 is 17.3 Å². The van der Waals surface area contributed by atoms with Crippen molar-refractivity contribution < 1.29 is 9.84 Å². The van der Waals surface area contributed by atoms with Crippen LogP contribution in [0.4, 0.5) is 0 Å². The second-order valence-corrected chi connectivity index (χ2v) is 8.51. The lowest BCUT2D eigenvalue weighted by Crippen LogP contribution is -2.48. The van der Waals surface area contributed by atoms with Gasteiger partial charge in [-0.1, -0.05) is 6.92 Å². The Morgan fingerprint density at radius 1 is 1.33 bits per heavy atom. The summed E-state index contributed by atoms with van der Waals surface area (Å²) in [7, 11) is 0. The highest BCUT2D eigenvalue weighted by Crippen LogP contribution is 2.18. The van der Waals surface area contributed by atoms with Crippen LogP contribution in [0.25, 0.3) is 0 Å². The Bertz CT molecular complexity index is 597. The molecule has 27 heavy (non-hydrogen) atoms. The van der Waals surface area contributed by atoms with Gasteiger partial charge in [0.25, 0.3) is 0 Å². The standard InChI is InChI=1S/C19H35N5O2S/c1-5-16-15(3)27-17(23-16)7-8-21-18(20-6-2)22-13-19(4,25)14-24-9-11-26-12-10-24/h25H,5-14H2,1-4H3,(H2,20,21,22). The zero-order valence-electron chi connectivity index (χ0n) is 17.2. The van der Waals surface area contributed by atoms with Crippen molar-refractivity contribution in [3.8, 4) is 0 Å². The van der Waals surface area contributed by atoms with Crippen LogP contribution < -0.4 is 10.6 Å². The van der Waals surface area contributed by atoms with E-state index in [-0.39, 0.29) is 0 Å². The van der Waals surface area contributed by atoms with E-state index < -0.39 is 5.60 Å². The molecule has 1 aromatic heterocycles. The second-order valence-electron chi connectivity index (χ2n) is 7.22. The molecule has 1 atom stereocenters. The van der Waals surface area contributed by atoms with E-state index in [9.17, 15) is 5.11 Å². The number of morpholine rings is 1. The summed E-state index contributed by atoms with van der Waals surface area (Å²) in [6.45, 7) is 13.9. The molecule has 8 heteroatoms. The summed E-state index contributed by atoms with van der Waals surface area (Å²) in [4.78, 5) is 12.8. The maximum Gasteiger partial charge on any atom is 0.191 e. The molecule has 0 radical (unpaired) electrons. The topological polar surface area (TPSA) is 82.0 Å². The van der Waals surface area contributed by atoms with Crippen LogP contribution in [-0.2, 0) is 17.6 Å². The molecular formula is C19H35N5O2S. The number of guanidine groups is 1. The highest BCUT2D eigenvalue weighted by Gasteiger charge is 2.25. The fourth-order valence-corrected chi connectivity index (χ4v) is 4.11. The Labute approximate surface area is 167 Å². The number of nitrogens with one attached hydrogen (secondary N) is 2. The molecule has 1 saturated heterocycles. The van der Waals surface area contributed by atoms with Crippen LogP contribution in [0.5, 0.6) is 0 Å². The van der Waals surface area contributed by atoms with Crippen LogP contribution in [0.3, 0.4) is 0 Å². The van der Waals surface area contributed by atoms with Gasteiger partial charge in [0.1, 0.15) is 0 Å². The van der Waals surface area contributed by atoms with Gasteiger partial charge in [-0.25, -0.2) is 4.98 Å². The van der Waals surface area contributed by atoms with Crippen molar-refractivity contribution in [3.63, 3.8) is 0 Å². The van der Waals surface area contributed by atoms with E-state index in [0.717, 1.165) is 63.2 Å². The average molecular weight is 398 g/mol. The van der Waals surface area contributed by atoms with Gasteiger partial charge in [-0.3, -0.25) is 9.89 Å². The minimum Gasteiger partial charge on any atom is -0.387 e. The Hall–Kier alpha value is -1.22. The van der Waals surface area contributed by atoms with E-state index in [1.165, 1.54) is 10.6 Å². The first kappa shape index (κ1) is 22.1. The van der Waals surface area contributed by atoms with Gasteiger partial charge < -0.3 is 20.5 Å². The molecular weight excluding hydrogens is 362 g/mol. The summed E-state index contributed by atoms with van der Waals surface area (Å²) in [6.07, 6.45) is 1.86. The summed E-state index contributed by atoms with van der Waals surface area (Å²) in [6, 6.07) is 0. The Morgan fingerprint density at radius 2 is 2.07 bits per heavy atom. The maximum absolute atomic E-state index is 10.7. The summed E-state index contributed by atoms with van der Waals surface area (Å²) >= 11 is 1.77. The molecule has 3 N–H and O–H groups in total. The predicted molar refractivity (Wildman–Crippen MR) is 112 cm³/mol. The molecule has 154 valence electrons. The largest absolute Gasteiger partial charge is 0.387 e. The number of aliphatic hydroxyl groups is 1. The number of β-amino-alcohol motifs (C(OH)–C–C–N with tert-alkyl or cyclic N) is 1. The molecule has 2 rings (SSSR count). The van der Waals surface area contributed by atoms with Gasteiger partial charge in [0, 0.05) is 44.0 Å². The molecule has 1 aliphatic heterocycles. The van der Waals surface area contributed by atoms with Gasteiger partial charge in [-0.2, -0.15) is 0 Å². The molecule has 1 aromatic rings. The van der Waals surface area contributed by atoms with Crippen molar-refractivity contribution in [1.29, 1.82) is 0 Å². The van der Waals surface area contributed by atoms with Crippen LogP contribution >= 0.6 is 11.3 Å². The zero-order valence-corrected chi connectivity index (χ0v) is 18.0. The van der Waals surface area contributed by atoms with E-state index in [1.807, 2.05) is 13.8 Å². The van der Waals surface area contributed by atoms with Gasteiger partial charge in [-0.05, 0) is 27.2 Å². The van der Waals surface area contributed by atoms with Crippen molar-refractivity contribution in [2.75, 3.05) is 52.5 Å². The highest BCUT2D eigenvalue weighted by atomic mass is 32.1. The third kappa shape index (κ3) is 7.73. The average Bonchev–Trinajstić information content (AvgIpc) is 3.00. The molecule has 0 aliphatic carbocycles. The SMILES string of the molecule is CCNC(=NCC(C)(O)CN1CCOCC1)NCCc1nc(CC)c(C)s1. The van der Waals surface area contributed by atoms with Crippen molar-refractivity contribution in [2.24, 2.45) is 4.99 Å². The Kier molecular flexibility index (Phi) is 8.95. The minimum absolute atomic E-state index is 0.357. The fourth-order valence-electron chi connectivity index (χ4n) is 3.09. The molecule has 0 bridgehead atoms. The van der Waals surface area contributed by atoms with E-state index in [4.69, 9.17) is 4.74 Å². The Morgan fingerprint density at radius 3 is 2.70 bits per heavy atom. The van der Waals surface area contributed by atoms with E-state index in [2.05, 4.69) is 39.4 Å². The quantitative estimate of drug-likeness (QED) is 0.429. The van der Waals surface area contributed by atoms with Gasteiger partial charge in [0.2, 0.25) is 0 Å². The summed E-state index contributed by atoms with van der Waals surface area (Å²) in [5.74, 6) is 0.740. The molecule has 0 aromatic carbocycles. The van der Waals surface area contributed by atoms with Gasteiger partial charge >= 0.3 is 0 Å². The molecule has 7 nitrogen and oxygen atoms in total. The summed E-state index contributed by atoms with van der Waals surface area (Å²) < 4.78 is 5.37. The normalized spacial score (nSPS) is 18.3. The lowest BCUT2D eigenvalue weighted by atomic mass is 10.1. The van der Waals surface area contributed by atoms with Gasteiger partial charge in [0.05, 0.1) is 36.1 Å². The number of hydrogen-bond acceptors (Lipinski definition) is 6. The number of hydrogen-bond donors (Lipinski definition) is 3. The Balaban J connectivity index is 1.82. The predicted octanol–water partition coefficient (Wildman–Crippen LogP) is 1.19. The molecule has 1 fully saturated rings. The van der Waals surface area contributed by atoms with Crippen molar-refractivity contribution in [2.45, 2.75) is 46.1 Å². The molecule has 0 amide bonds. The first-order chi connectivity index (χ1) is 12.9. The minimum atomic E-state index is -0.859. The third-order valence-electron chi connectivity index (χ3n) is 4.49. The number of thiazole rings is 1. The fraction of sp³-hybridized carbons (Fsp3) is 0.789. The maximum atomic E-state index is 10.7. The number of rotatable bonds is 9. The van der Waals surface area contributed by atoms with Crippen LogP contribution in [0.1, 0.15) is 36.3 Å². The number of aryl methyl sites for hydroxylation is 2. The molecule has 0 saturated carbocycles. The smallest absolute Gasteiger partial charge is 0.191 e. The first-order valence-electron chi connectivity index (χ1n) is 9.93. The lowest BCUT2D eigenvalue weighted by Gasteiger charge is -2.33. The monoisotopic (exact) mass is 397 g/mol. The summed E-state index contributed by atoms with van der Waals surface area (Å²) in [5, 5.41) is 18.5. The van der Waals surface area contributed by atoms with Crippen LogP contribution in [-0.4, -0.2) is 79.0 Å². The lowest BCUT2D eigenvalue weighted by molar-refractivity contribution is -0.0179. The number of nitrogens with zero attached hydrogens (tertiary/aromatic N) is 3. The van der Waals surface area contributed by atoms with Crippen LogP contribution in [0.2, 0.25) is 0 Å². The first-order valence-corrected chi connectivity index (χ1v) is 10.7. The van der Waals surface area contributed by atoms with Gasteiger partial charge in [0.15, 0.2) is 5.96 Å². The van der Waals surface area contributed by atoms with E-state index in [1.54, 1.807) is 11.3 Å². The van der Waals surface area contributed by atoms with Crippen LogP contribution in [0, 0.1) is 6.92 Å². The molecule has 1 aliphatic rings. The van der Waals surface area contributed by atoms with Gasteiger partial charge in [-0.15, -0.1) is 11.3 Å². The highest BCUT2D eigenvalue weighted by molar-refractivity contribution is 7.11. The molecule has 2 heterocycles.